The third-order valence-electron chi connectivity index (χ3n) is 3.87. The van der Waals surface area contributed by atoms with E-state index in [1.54, 1.807) is 6.07 Å². The summed E-state index contributed by atoms with van der Waals surface area (Å²) in [6, 6.07) is 3.10. The molecule has 1 aliphatic rings. The molecule has 0 aliphatic carbocycles. The topological polar surface area (TPSA) is 81.9 Å². The lowest BCUT2D eigenvalue weighted by molar-refractivity contribution is 0.271. The molecule has 1 saturated heterocycles. The van der Waals surface area contributed by atoms with Gasteiger partial charge in [-0.1, -0.05) is 0 Å². The number of nitrogens with zero attached hydrogens (tertiary/aromatic N) is 1. The second-order valence-electron chi connectivity index (χ2n) is 5.24. The van der Waals surface area contributed by atoms with Crippen molar-refractivity contribution in [1.82, 2.24) is 4.31 Å². The molecule has 0 aromatic heterocycles. The van der Waals surface area contributed by atoms with E-state index in [1.807, 2.05) is 0 Å². The molecule has 0 radical (unpaired) electrons. The summed E-state index contributed by atoms with van der Waals surface area (Å²) in [5, 5.41) is 0. The van der Waals surface area contributed by atoms with Crippen LogP contribution in [0.25, 0.3) is 0 Å². The fraction of sp³-hybridized carbons (Fsp3) is 0.571. The minimum atomic E-state index is -3.60. The lowest BCUT2D eigenvalue weighted by Crippen LogP contribution is -2.42. The van der Waals surface area contributed by atoms with E-state index in [2.05, 4.69) is 15.9 Å². The maximum absolute atomic E-state index is 12.9. The first-order valence-corrected chi connectivity index (χ1v) is 9.29. The molecule has 1 atom stereocenters. The van der Waals surface area contributed by atoms with E-state index in [9.17, 15) is 8.42 Å². The van der Waals surface area contributed by atoms with Crippen molar-refractivity contribution in [3.8, 4) is 11.5 Å². The number of hydrogen-bond acceptors (Lipinski definition) is 5. The summed E-state index contributed by atoms with van der Waals surface area (Å²) >= 11 is 3.32. The van der Waals surface area contributed by atoms with Crippen LogP contribution in [0.2, 0.25) is 0 Å². The number of benzene rings is 1. The van der Waals surface area contributed by atoms with Gasteiger partial charge >= 0.3 is 0 Å². The van der Waals surface area contributed by atoms with Gasteiger partial charge in [0, 0.05) is 23.6 Å². The first kappa shape index (κ1) is 17.5. The fourth-order valence-electron chi connectivity index (χ4n) is 2.61. The average molecular weight is 393 g/mol. The number of piperidine rings is 1. The van der Waals surface area contributed by atoms with E-state index in [0.717, 1.165) is 12.8 Å². The summed E-state index contributed by atoms with van der Waals surface area (Å²) in [6.45, 7) is 1.47. The Morgan fingerprint density at radius 3 is 2.55 bits per heavy atom. The van der Waals surface area contributed by atoms with Crippen LogP contribution in [0.3, 0.4) is 0 Å². The van der Waals surface area contributed by atoms with Crippen LogP contribution in [0, 0.1) is 5.92 Å². The monoisotopic (exact) mass is 392 g/mol. The van der Waals surface area contributed by atoms with Gasteiger partial charge in [0.15, 0.2) is 11.5 Å². The molecule has 1 aromatic carbocycles. The SMILES string of the molecule is COc1cc(Br)c(S(=O)(=O)N2CCCC(CN)C2)cc1OC. The molecular formula is C14H21BrN2O4S. The molecule has 2 rings (SSSR count). The van der Waals surface area contributed by atoms with Crippen molar-refractivity contribution in [1.29, 1.82) is 0 Å². The number of halogens is 1. The van der Waals surface area contributed by atoms with Crippen LogP contribution in [-0.4, -0.2) is 46.6 Å². The number of rotatable bonds is 5. The summed E-state index contributed by atoms with van der Waals surface area (Å²) in [7, 11) is -0.609. The van der Waals surface area contributed by atoms with Gasteiger partial charge < -0.3 is 15.2 Å². The van der Waals surface area contributed by atoms with E-state index in [-0.39, 0.29) is 10.8 Å². The zero-order chi connectivity index (χ0) is 16.3. The number of hydrogen-bond donors (Lipinski definition) is 1. The maximum Gasteiger partial charge on any atom is 0.244 e. The molecule has 1 heterocycles. The molecule has 6 nitrogen and oxygen atoms in total. The van der Waals surface area contributed by atoms with Gasteiger partial charge in [0.25, 0.3) is 0 Å². The van der Waals surface area contributed by atoms with Gasteiger partial charge in [0.05, 0.1) is 14.2 Å². The van der Waals surface area contributed by atoms with Gasteiger partial charge in [-0.05, 0) is 47.3 Å². The minimum Gasteiger partial charge on any atom is -0.493 e. The van der Waals surface area contributed by atoms with Crippen LogP contribution < -0.4 is 15.2 Å². The Balaban J connectivity index is 2.40. The Labute approximate surface area is 139 Å². The van der Waals surface area contributed by atoms with Crippen LogP contribution in [0.1, 0.15) is 12.8 Å². The van der Waals surface area contributed by atoms with Gasteiger partial charge in [0.1, 0.15) is 4.90 Å². The third-order valence-corrected chi connectivity index (χ3v) is 6.69. The van der Waals surface area contributed by atoms with Crippen LogP contribution in [-0.2, 0) is 10.0 Å². The lowest BCUT2D eigenvalue weighted by atomic mass is 10.0. The molecule has 1 fully saturated rings. The van der Waals surface area contributed by atoms with Crippen LogP contribution in [0.5, 0.6) is 11.5 Å². The van der Waals surface area contributed by atoms with Crippen LogP contribution in [0.15, 0.2) is 21.5 Å². The smallest absolute Gasteiger partial charge is 0.244 e. The highest BCUT2D eigenvalue weighted by atomic mass is 79.9. The fourth-order valence-corrected chi connectivity index (χ4v) is 5.16. The van der Waals surface area contributed by atoms with Crippen molar-refractivity contribution in [2.24, 2.45) is 11.7 Å². The average Bonchev–Trinajstić information content (AvgIpc) is 2.54. The van der Waals surface area contributed by atoms with Gasteiger partial charge in [-0.15, -0.1) is 0 Å². The van der Waals surface area contributed by atoms with E-state index in [1.165, 1.54) is 24.6 Å². The van der Waals surface area contributed by atoms with Crippen molar-refractivity contribution in [3.05, 3.63) is 16.6 Å². The van der Waals surface area contributed by atoms with E-state index < -0.39 is 10.0 Å². The Morgan fingerprint density at radius 1 is 1.32 bits per heavy atom. The second kappa shape index (κ2) is 7.16. The highest BCUT2D eigenvalue weighted by molar-refractivity contribution is 9.10. The highest BCUT2D eigenvalue weighted by Gasteiger charge is 2.32. The minimum absolute atomic E-state index is 0.183. The Hall–Kier alpha value is -0.830. The quantitative estimate of drug-likeness (QED) is 0.826. The van der Waals surface area contributed by atoms with Crippen molar-refractivity contribution >= 4 is 26.0 Å². The lowest BCUT2D eigenvalue weighted by Gasteiger charge is -2.31. The summed E-state index contributed by atoms with van der Waals surface area (Å²) < 4.78 is 38.1. The molecule has 1 aliphatic heterocycles. The van der Waals surface area contributed by atoms with Gasteiger partial charge in [-0.3, -0.25) is 0 Å². The van der Waals surface area contributed by atoms with Crippen molar-refractivity contribution < 1.29 is 17.9 Å². The van der Waals surface area contributed by atoms with Crippen LogP contribution >= 0.6 is 15.9 Å². The molecule has 124 valence electrons. The summed E-state index contributed by atoms with van der Waals surface area (Å²) in [5.74, 6) is 1.07. The molecule has 22 heavy (non-hydrogen) atoms. The van der Waals surface area contributed by atoms with Gasteiger partial charge in [-0.25, -0.2) is 8.42 Å². The molecular weight excluding hydrogens is 372 g/mol. The third kappa shape index (κ3) is 3.40. The summed E-state index contributed by atoms with van der Waals surface area (Å²) in [6.07, 6.45) is 1.79. The second-order valence-corrected chi connectivity index (χ2v) is 8.01. The van der Waals surface area contributed by atoms with Crippen molar-refractivity contribution in [2.75, 3.05) is 33.9 Å². The summed E-state index contributed by atoms with van der Waals surface area (Å²) in [5.41, 5.74) is 5.69. The Morgan fingerprint density at radius 2 is 1.95 bits per heavy atom. The van der Waals surface area contributed by atoms with Crippen molar-refractivity contribution in [2.45, 2.75) is 17.7 Å². The zero-order valence-corrected chi connectivity index (χ0v) is 15.1. The molecule has 1 aromatic rings. The molecule has 0 spiro atoms. The van der Waals surface area contributed by atoms with E-state index in [4.69, 9.17) is 15.2 Å². The summed E-state index contributed by atoms with van der Waals surface area (Å²) in [4.78, 5) is 0.183. The number of sulfonamides is 1. The number of methoxy groups -OCH3 is 2. The number of nitrogens with two attached hydrogens (primary N) is 1. The molecule has 8 heteroatoms. The molecule has 0 bridgehead atoms. The molecule has 0 amide bonds. The first-order valence-electron chi connectivity index (χ1n) is 7.05. The van der Waals surface area contributed by atoms with Gasteiger partial charge in [0.2, 0.25) is 10.0 Å². The Bertz CT molecular complexity index is 636. The standard InChI is InChI=1S/C14H21BrN2O4S/c1-20-12-6-11(15)14(7-13(12)21-2)22(18,19)17-5-3-4-10(8-16)9-17/h6-7,10H,3-5,8-9,16H2,1-2H3. The largest absolute Gasteiger partial charge is 0.493 e. The molecule has 1 unspecified atom stereocenters. The predicted molar refractivity (Wildman–Crippen MR) is 87.8 cm³/mol. The molecule has 2 N–H and O–H groups in total. The highest BCUT2D eigenvalue weighted by Crippen LogP contribution is 2.37. The van der Waals surface area contributed by atoms with Crippen LogP contribution in [0.4, 0.5) is 0 Å². The van der Waals surface area contributed by atoms with Gasteiger partial charge in [-0.2, -0.15) is 4.31 Å². The Kier molecular flexibility index (Phi) is 5.70. The molecule has 0 saturated carbocycles. The number of ether oxygens (including phenoxy) is 2. The van der Waals surface area contributed by atoms with Crippen molar-refractivity contribution in [3.63, 3.8) is 0 Å². The zero-order valence-electron chi connectivity index (χ0n) is 12.7. The predicted octanol–water partition coefficient (Wildman–Crippen LogP) is 1.83. The van der Waals surface area contributed by atoms with E-state index >= 15 is 0 Å². The van der Waals surface area contributed by atoms with E-state index in [0.29, 0.717) is 35.6 Å². The first-order chi connectivity index (χ1) is 10.4. The normalized spacial score (nSPS) is 19.9. The maximum atomic E-state index is 12.9.